The predicted molar refractivity (Wildman–Crippen MR) is 145 cm³/mol. The first-order valence-corrected chi connectivity index (χ1v) is 13.6. The zero-order chi connectivity index (χ0) is 25.8. The van der Waals surface area contributed by atoms with Crippen LogP contribution in [0.2, 0.25) is 0 Å². The lowest BCUT2D eigenvalue weighted by Crippen LogP contribution is -2.26. The molecular formula is C30H31F2NO3S. The number of nitrogens with zero attached hydrogens (tertiary/aromatic N) is 1. The quantitative estimate of drug-likeness (QED) is 0.351. The molecule has 1 fully saturated rings. The molecule has 0 aromatic heterocycles. The number of aromatic hydroxyl groups is 1. The van der Waals surface area contributed by atoms with E-state index in [1.807, 2.05) is 30.3 Å². The Morgan fingerprint density at radius 2 is 1.81 bits per heavy atom. The summed E-state index contributed by atoms with van der Waals surface area (Å²) >= 11 is 1.66. The van der Waals surface area contributed by atoms with Gasteiger partial charge in [0, 0.05) is 41.9 Å². The number of hydrogen-bond acceptors (Lipinski definition) is 5. The summed E-state index contributed by atoms with van der Waals surface area (Å²) in [4.78, 5) is 3.22. The average Bonchev–Trinajstić information content (AvgIpc) is 3.27. The van der Waals surface area contributed by atoms with Crippen molar-refractivity contribution in [3.05, 3.63) is 83.2 Å². The maximum atomic E-state index is 15.3. The van der Waals surface area contributed by atoms with Gasteiger partial charge >= 0.3 is 0 Å². The van der Waals surface area contributed by atoms with E-state index < -0.39 is 0 Å². The van der Waals surface area contributed by atoms with Crippen molar-refractivity contribution in [1.82, 2.24) is 4.90 Å². The molecule has 0 amide bonds. The maximum absolute atomic E-state index is 15.3. The number of thioether (sulfide) groups is 1. The molecule has 2 aliphatic rings. The Morgan fingerprint density at radius 3 is 2.57 bits per heavy atom. The van der Waals surface area contributed by atoms with Crippen LogP contribution in [0.15, 0.2) is 65.6 Å². The summed E-state index contributed by atoms with van der Waals surface area (Å²) in [5, 5.41) is 10.1. The fourth-order valence-electron chi connectivity index (χ4n) is 5.13. The van der Waals surface area contributed by atoms with Crippen LogP contribution >= 0.6 is 11.8 Å². The normalized spacial score (nSPS) is 18.0. The van der Waals surface area contributed by atoms with E-state index in [2.05, 4.69) is 4.90 Å². The van der Waals surface area contributed by atoms with Gasteiger partial charge in [-0.15, -0.1) is 11.8 Å². The third-order valence-corrected chi connectivity index (χ3v) is 7.99. The van der Waals surface area contributed by atoms with Gasteiger partial charge in [-0.05, 0) is 84.0 Å². The zero-order valence-corrected chi connectivity index (χ0v) is 21.7. The number of allylic oxidation sites excluding steroid dienone is 1. The summed E-state index contributed by atoms with van der Waals surface area (Å²) in [7, 11) is 1.53. The lowest BCUT2D eigenvalue weighted by molar-refractivity contribution is 0.198. The number of fused-ring (bicyclic) bond motifs is 1. The van der Waals surface area contributed by atoms with Crippen molar-refractivity contribution in [2.45, 2.75) is 30.3 Å². The van der Waals surface area contributed by atoms with Crippen LogP contribution in [0.4, 0.5) is 8.78 Å². The van der Waals surface area contributed by atoms with E-state index in [0.717, 1.165) is 64.7 Å². The van der Waals surface area contributed by atoms with Crippen LogP contribution < -0.4 is 9.47 Å². The predicted octanol–water partition coefficient (Wildman–Crippen LogP) is 6.81. The Hall–Kier alpha value is -3.03. The lowest BCUT2D eigenvalue weighted by atomic mass is 9.88. The largest absolute Gasteiger partial charge is 0.508 e. The van der Waals surface area contributed by atoms with Crippen LogP contribution in [-0.4, -0.2) is 55.3 Å². The Kier molecular flexibility index (Phi) is 8.01. The second-order valence-electron chi connectivity index (χ2n) is 9.37. The molecule has 1 atom stereocenters. The van der Waals surface area contributed by atoms with Gasteiger partial charge in [-0.1, -0.05) is 12.1 Å². The number of phenolic OH excluding ortho intramolecular Hbond substituents is 1. The fourth-order valence-corrected chi connectivity index (χ4v) is 6.18. The molecule has 0 radical (unpaired) electrons. The molecule has 0 aliphatic carbocycles. The van der Waals surface area contributed by atoms with Crippen LogP contribution in [-0.2, 0) is 0 Å². The van der Waals surface area contributed by atoms with E-state index in [9.17, 15) is 9.50 Å². The highest BCUT2D eigenvalue weighted by molar-refractivity contribution is 7.99. The summed E-state index contributed by atoms with van der Waals surface area (Å²) < 4.78 is 39.2. The van der Waals surface area contributed by atoms with Gasteiger partial charge in [0.05, 0.1) is 13.8 Å². The average molecular weight is 524 g/mol. The number of halogens is 2. The molecule has 4 nitrogen and oxygen atoms in total. The van der Waals surface area contributed by atoms with Crippen LogP contribution in [0.25, 0.3) is 11.1 Å². The van der Waals surface area contributed by atoms with E-state index in [-0.39, 0.29) is 24.3 Å². The van der Waals surface area contributed by atoms with E-state index in [0.29, 0.717) is 24.2 Å². The second kappa shape index (κ2) is 11.6. The number of ether oxygens (including phenoxy) is 2. The van der Waals surface area contributed by atoms with E-state index in [4.69, 9.17) is 9.47 Å². The highest BCUT2D eigenvalue weighted by Crippen LogP contribution is 2.44. The summed E-state index contributed by atoms with van der Waals surface area (Å²) in [6, 6.07) is 18.3. The minimum absolute atomic E-state index is 0.0895. The minimum atomic E-state index is -0.322. The van der Waals surface area contributed by atoms with Gasteiger partial charge in [0.1, 0.15) is 29.2 Å². The summed E-state index contributed by atoms with van der Waals surface area (Å²) in [6.45, 7) is 2.21. The van der Waals surface area contributed by atoms with Crippen molar-refractivity contribution in [3.63, 3.8) is 0 Å². The molecule has 0 unspecified atom stereocenters. The molecule has 1 N–H and O–H groups in total. The number of methoxy groups -OCH3 is 1. The molecule has 1 saturated heterocycles. The van der Waals surface area contributed by atoms with Crippen molar-refractivity contribution >= 4 is 22.9 Å². The van der Waals surface area contributed by atoms with Crippen molar-refractivity contribution < 1.29 is 23.4 Å². The molecule has 2 aliphatic heterocycles. The molecule has 37 heavy (non-hydrogen) atoms. The minimum Gasteiger partial charge on any atom is -0.508 e. The van der Waals surface area contributed by atoms with Crippen LogP contribution in [0.5, 0.6) is 17.2 Å². The van der Waals surface area contributed by atoms with Crippen molar-refractivity contribution in [2.24, 2.45) is 0 Å². The molecule has 3 aromatic rings. The molecule has 194 valence electrons. The van der Waals surface area contributed by atoms with Crippen molar-refractivity contribution in [3.8, 4) is 17.2 Å². The van der Waals surface area contributed by atoms with Crippen molar-refractivity contribution in [1.29, 1.82) is 0 Å². The number of benzene rings is 3. The molecule has 0 saturated carbocycles. The summed E-state index contributed by atoms with van der Waals surface area (Å²) in [5.41, 5.74) is 4.36. The van der Waals surface area contributed by atoms with Crippen LogP contribution in [0.1, 0.15) is 36.0 Å². The van der Waals surface area contributed by atoms with E-state index >= 15 is 4.39 Å². The third-order valence-electron chi connectivity index (χ3n) is 6.93. The van der Waals surface area contributed by atoms with Gasteiger partial charge in [-0.3, -0.25) is 9.29 Å². The Bertz CT molecular complexity index is 1280. The molecule has 3 aromatic carbocycles. The monoisotopic (exact) mass is 523 g/mol. The first-order valence-electron chi connectivity index (χ1n) is 12.6. The molecule has 5 rings (SSSR count). The van der Waals surface area contributed by atoms with E-state index in [1.54, 1.807) is 36.0 Å². The molecular weight excluding hydrogens is 492 g/mol. The summed E-state index contributed by atoms with van der Waals surface area (Å²) in [5.74, 6) is 1.92. The molecule has 0 spiro atoms. The first kappa shape index (κ1) is 25.6. The highest BCUT2D eigenvalue weighted by atomic mass is 32.2. The Labute approximate surface area is 220 Å². The second-order valence-corrected chi connectivity index (χ2v) is 10.5. The Morgan fingerprint density at radius 1 is 1.03 bits per heavy atom. The number of likely N-dealkylation sites (tertiary alicyclic amines) is 1. The number of phenols is 1. The van der Waals surface area contributed by atoms with Gasteiger partial charge in [-0.2, -0.15) is 0 Å². The zero-order valence-electron chi connectivity index (χ0n) is 20.9. The van der Waals surface area contributed by atoms with Crippen molar-refractivity contribution in [2.75, 3.05) is 39.2 Å². The van der Waals surface area contributed by atoms with Crippen LogP contribution in [0.3, 0.4) is 0 Å². The number of hydrogen-bond donors (Lipinski definition) is 1. The molecule has 0 bridgehead atoms. The Balaban J connectivity index is 1.49. The molecule has 7 heteroatoms. The SMILES string of the molecule is COc1ccc(C2=C(c3ccc(O[C@H]4CCN(CCCF)C4)cc3)c3ccc(O)cc3SCC2)c(F)c1. The number of alkyl halides is 1. The van der Waals surface area contributed by atoms with Gasteiger partial charge in [0.25, 0.3) is 0 Å². The third kappa shape index (κ3) is 5.78. The summed E-state index contributed by atoms with van der Waals surface area (Å²) in [6.07, 6.45) is 2.25. The van der Waals surface area contributed by atoms with Gasteiger partial charge in [-0.25, -0.2) is 4.39 Å². The van der Waals surface area contributed by atoms with Gasteiger partial charge in [0.2, 0.25) is 0 Å². The fraction of sp³-hybridized carbons (Fsp3) is 0.333. The topological polar surface area (TPSA) is 41.9 Å². The smallest absolute Gasteiger partial charge is 0.134 e. The lowest BCUT2D eigenvalue weighted by Gasteiger charge is -2.19. The number of rotatable bonds is 8. The highest BCUT2D eigenvalue weighted by Gasteiger charge is 2.25. The van der Waals surface area contributed by atoms with Crippen LogP contribution in [0, 0.1) is 5.82 Å². The first-order chi connectivity index (χ1) is 18.1. The maximum Gasteiger partial charge on any atom is 0.134 e. The van der Waals surface area contributed by atoms with Gasteiger partial charge in [0.15, 0.2) is 0 Å². The molecule has 2 heterocycles. The standard InChI is InChI=1S/C30H31F2NO3S/c1-35-23-8-10-25(28(32)18-23)26-12-16-37-29-17-21(34)5-9-27(29)30(26)20-3-6-22(7-4-20)36-24-11-15-33(19-24)14-2-13-31/h3-10,17-18,24,34H,2,11-16,19H2,1H3/t24-/m0/s1. The van der Waals surface area contributed by atoms with Gasteiger partial charge < -0.3 is 14.6 Å². The van der Waals surface area contributed by atoms with E-state index in [1.165, 1.54) is 13.2 Å².